The van der Waals surface area contributed by atoms with Crippen molar-refractivity contribution in [2.45, 2.75) is 26.7 Å². The van der Waals surface area contributed by atoms with Crippen LogP contribution in [0.3, 0.4) is 0 Å². The summed E-state index contributed by atoms with van der Waals surface area (Å²) in [5.74, 6) is 1.46. The van der Waals surface area contributed by atoms with E-state index < -0.39 is 0 Å². The van der Waals surface area contributed by atoms with Crippen LogP contribution in [-0.2, 0) is 0 Å². The van der Waals surface area contributed by atoms with E-state index in [-0.39, 0.29) is 0 Å². The molecule has 0 aliphatic carbocycles. The van der Waals surface area contributed by atoms with Gasteiger partial charge in [-0.15, -0.1) is 5.10 Å². The van der Waals surface area contributed by atoms with Crippen LogP contribution in [0.2, 0.25) is 0 Å². The van der Waals surface area contributed by atoms with E-state index in [1.165, 1.54) is 11.1 Å². The molecule has 0 atom stereocenters. The molecule has 174 valence electrons. The summed E-state index contributed by atoms with van der Waals surface area (Å²) in [6, 6.07) is 22.2. The highest BCUT2D eigenvalue weighted by molar-refractivity contribution is 7.80. The number of fused-ring (bicyclic) bond motifs is 1. The Morgan fingerprint density at radius 3 is 2.54 bits per heavy atom. The zero-order valence-corrected chi connectivity index (χ0v) is 20.5. The fourth-order valence-corrected chi connectivity index (χ4v) is 4.02. The highest BCUT2D eigenvalue weighted by Gasteiger charge is 2.10. The van der Waals surface area contributed by atoms with Crippen molar-refractivity contribution in [1.82, 2.24) is 24.7 Å². The Balaban J connectivity index is 1.32. The molecule has 7 nitrogen and oxygen atoms in total. The van der Waals surface area contributed by atoms with E-state index in [9.17, 15) is 0 Å². The number of benzene rings is 3. The minimum Gasteiger partial charge on any atom is -0.332 e. The molecule has 35 heavy (non-hydrogen) atoms. The lowest BCUT2D eigenvalue weighted by Gasteiger charge is -2.15. The number of thiocarbonyl (C=S) groups is 1. The van der Waals surface area contributed by atoms with Gasteiger partial charge in [-0.3, -0.25) is 0 Å². The van der Waals surface area contributed by atoms with Crippen LogP contribution in [0.15, 0.2) is 79.3 Å². The number of aryl methyl sites for hydroxylation is 1. The Kier molecular flexibility index (Phi) is 6.20. The second-order valence-electron chi connectivity index (χ2n) is 8.64. The molecular formula is C27H25N7S. The first kappa shape index (κ1) is 22.6. The number of nitrogens with one attached hydrogen (secondary N) is 2. The van der Waals surface area contributed by atoms with E-state index in [0.717, 1.165) is 27.8 Å². The molecule has 0 radical (unpaired) electrons. The van der Waals surface area contributed by atoms with Gasteiger partial charge in [-0.05, 0) is 67.0 Å². The van der Waals surface area contributed by atoms with Crippen molar-refractivity contribution >= 4 is 39.9 Å². The molecule has 0 fully saturated rings. The molecule has 5 aromatic rings. The minimum absolute atomic E-state index is 0.380. The van der Waals surface area contributed by atoms with Crippen LogP contribution >= 0.6 is 12.2 Å². The summed E-state index contributed by atoms with van der Waals surface area (Å²) in [4.78, 5) is 13.5. The van der Waals surface area contributed by atoms with Gasteiger partial charge in [0.05, 0.1) is 11.2 Å². The molecule has 3 aromatic carbocycles. The maximum absolute atomic E-state index is 5.50. The van der Waals surface area contributed by atoms with Gasteiger partial charge in [-0.2, -0.15) is 0 Å². The van der Waals surface area contributed by atoms with Crippen LogP contribution in [0, 0.1) is 6.92 Å². The van der Waals surface area contributed by atoms with Crippen LogP contribution < -0.4 is 10.6 Å². The van der Waals surface area contributed by atoms with E-state index in [1.807, 2.05) is 48.5 Å². The second kappa shape index (κ2) is 9.60. The zero-order valence-electron chi connectivity index (χ0n) is 19.7. The molecule has 0 aliphatic rings. The number of hydrogen-bond donors (Lipinski definition) is 2. The largest absolute Gasteiger partial charge is 0.332 e. The third kappa shape index (κ3) is 5.02. The number of para-hydroxylation sites is 1. The molecule has 0 bridgehead atoms. The summed E-state index contributed by atoms with van der Waals surface area (Å²) in [6.07, 6.45) is 3.49. The maximum Gasteiger partial charge on any atom is 0.229 e. The summed E-state index contributed by atoms with van der Waals surface area (Å²) in [5.41, 5.74) is 6.04. The first-order valence-corrected chi connectivity index (χ1v) is 11.8. The summed E-state index contributed by atoms with van der Waals surface area (Å²) >= 11 is 5.50. The summed E-state index contributed by atoms with van der Waals surface area (Å²) in [7, 11) is 0. The Bertz CT molecular complexity index is 1510. The lowest BCUT2D eigenvalue weighted by Crippen LogP contribution is -2.21. The number of rotatable bonds is 5. The monoisotopic (exact) mass is 479 g/mol. The predicted molar refractivity (Wildman–Crippen MR) is 145 cm³/mol. The minimum atomic E-state index is 0.380. The lowest BCUT2D eigenvalue weighted by atomic mass is 10.0. The SMILES string of the molecule is Cc1ccc(-n2cnc(-c3ccc4nc(NC(=S)Nc5ccccc5C(C)C)ncc4c3)n2)cc1. The highest BCUT2D eigenvalue weighted by atomic mass is 32.1. The van der Waals surface area contributed by atoms with Crippen LogP contribution in [-0.4, -0.2) is 29.8 Å². The molecule has 0 unspecified atom stereocenters. The molecule has 0 saturated heterocycles. The third-order valence-corrected chi connectivity index (χ3v) is 5.89. The molecule has 2 aromatic heterocycles. The van der Waals surface area contributed by atoms with E-state index >= 15 is 0 Å². The van der Waals surface area contributed by atoms with Crippen molar-refractivity contribution < 1.29 is 0 Å². The summed E-state index contributed by atoms with van der Waals surface area (Å²) in [6.45, 7) is 6.37. The summed E-state index contributed by atoms with van der Waals surface area (Å²) < 4.78 is 1.77. The van der Waals surface area contributed by atoms with Gasteiger partial charge < -0.3 is 10.6 Å². The first-order valence-electron chi connectivity index (χ1n) is 11.4. The van der Waals surface area contributed by atoms with Crippen LogP contribution in [0.5, 0.6) is 0 Å². The molecule has 5 rings (SSSR count). The Labute approximate surface area is 209 Å². The Morgan fingerprint density at radius 1 is 0.943 bits per heavy atom. The number of anilines is 2. The van der Waals surface area contributed by atoms with Gasteiger partial charge in [0.2, 0.25) is 5.95 Å². The van der Waals surface area contributed by atoms with Gasteiger partial charge in [-0.25, -0.2) is 19.6 Å². The molecule has 0 amide bonds. The molecule has 2 N–H and O–H groups in total. The number of nitrogens with zero attached hydrogens (tertiary/aromatic N) is 5. The normalized spacial score (nSPS) is 11.1. The average molecular weight is 480 g/mol. The standard InChI is InChI=1S/C27H25N7S/c1-17(2)22-6-4-5-7-24(22)31-27(35)32-26-28-15-20-14-19(10-13-23(20)30-26)25-29-16-34(33-25)21-11-8-18(3)9-12-21/h4-17H,1-3H3,(H2,28,30,31,32,35). The van der Waals surface area contributed by atoms with Crippen molar-refractivity contribution in [3.63, 3.8) is 0 Å². The van der Waals surface area contributed by atoms with Gasteiger partial charge in [0.15, 0.2) is 10.9 Å². The second-order valence-corrected chi connectivity index (χ2v) is 9.04. The fourth-order valence-electron chi connectivity index (χ4n) is 3.82. The smallest absolute Gasteiger partial charge is 0.229 e. The van der Waals surface area contributed by atoms with Crippen LogP contribution in [0.4, 0.5) is 11.6 Å². The topological polar surface area (TPSA) is 80.5 Å². The highest BCUT2D eigenvalue weighted by Crippen LogP contribution is 2.24. The van der Waals surface area contributed by atoms with E-state index in [4.69, 9.17) is 12.2 Å². The van der Waals surface area contributed by atoms with Crippen molar-refractivity contribution in [3.05, 3.63) is 90.4 Å². The fraction of sp³-hybridized carbons (Fsp3) is 0.148. The van der Waals surface area contributed by atoms with E-state index in [1.54, 1.807) is 17.2 Å². The zero-order chi connectivity index (χ0) is 24.4. The van der Waals surface area contributed by atoms with Gasteiger partial charge in [0.25, 0.3) is 0 Å². The third-order valence-electron chi connectivity index (χ3n) is 5.68. The predicted octanol–water partition coefficient (Wildman–Crippen LogP) is 6.12. The molecular weight excluding hydrogens is 454 g/mol. The number of aromatic nitrogens is 5. The van der Waals surface area contributed by atoms with Crippen molar-refractivity contribution in [3.8, 4) is 17.1 Å². The molecule has 8 heteroatoms. The Morgan fingerprint density at radius 2 is 1.74 bits per heavy atom. The van der Waals surface area contributed by atoms with Crippen molar-refractivity contribution in [1.29, 1.82) is 0 Å². The van der Waals surface area contributed by atoms with Gasteiger partial charge in [-0.1, -0.05) is 49.7 Å². The molecule has 0 spiro atoms. The molecule has 2 heterocycles. The van der Waals surface area contributed by atoms with Gasteiger partial charge in [0.1, 0.15) is 6.33 Å². The lowest BCUT2D eigenvalue weighted by molar-refractivity contribution is 0.869. The molecule has 0 aliphatic heterocycles. The van der Waals surface area contributed by atoms with Crippen LogP contribution in [0.25, 0.3) is 28.0 Å². The van der Waals surface area contributed by atoms with Crippen molar-refractivity contribution in [2.75, 3.05) is 10.6 Å². The van der Waals surface area contributed by atoms with E-state index in [2.05, 4.69) is 69.7 Å². The molecule has 0 saturated carbocycles. The summed E-state index contributed by atoms with van der Waals surface area (Å²) in [5, 5.41) is 12.3. The Hall–Kier alpha value is -4.17. The van der Waals surface area contributed by atoms with Gasteiger partial charge in [0, 0.05) is 22.8 Å². The maximum atomic E-state index is 5.50. The van der Waals surface area contributed by atoms with Crippen LogP contribution in [0.1, 0.15) is 30.9 Å². The van der Waals surface area contributed by atoms with E-state index in [0.29, 0.717) is 22.8 Å². The quantitative estimate of drug-likeness (QED) is 0.294. The van der Waals surface area contributed by atoms with Gasteiger partial charge >= 0.3 is 0 Å². The first-order chi connectivity index (χ1) is 17.0. The number of hydrogen-bond acceptors (Lipinski definition) is 5. The van der Waals surface area contributed by atoms with Crippen molar-refractivity contribution in [2.24, 2.45) is 0 Å². The average Bonchev–Trinajstić information content (AvgIpc) is 3.34.